The highest BCUT2D eigenvalue weighted by molar-refractivity contribution is 7.16. The van der Waals surface area contributed by atoms with E-state index in [-0.39, 0.29) is 22.6 Å². The van der Waals surface area contributed by atoms with Crippen molar-refractivity contribution in [2.24, 2.45) is 4.99 Å². The summed E-state index contributed by atoms with van der Waals surface area (Å²) in [5.74, 6) is -1.54. The van der Waals surface area contributed by atoms with Crippen molar-refractivity contribution in [3.63, 3.8) is 0 Å². The summed E-state index contributed by atoms with van der Waals surface area (Å²) in [5.41, 5.74) is 0.607. The Labute approximate surface area is 161 Å². The van der Waals surface area contributed by atoms with Crippen molar-refractivity contribution in [2.45, 2.75) is 6.54 Å². The summed E-state index contributed by atoms with van der Waals surface area (Å²) < 4.78 is 40.5. The van der Waals surface area contributed by atoms with E-state index in [0.29, 0.717) is 21.4 Å². The number of aromatic nitrogens is 1. The number of amides is 1. The number of carbonyl (C=O) groups is 1. The fraction of sp³-hybridized carbons (Fsp3) is 0.100. The van der Waals surface area contributed by atoms with E-state index >= 15 is 0 Å². The zero-order valence-electron chi connectivity index (χ0n) is 14.7. The van der Waals surface area contributed by atoms with Crippen LogP contribution >= 0.6 is 11.3 Å². The third-order valence-corrected chi connectivity index (χ3v) is 5.17. The van der Waals surface area contributed by atoms with Gasteiger partial charge in [0.25, 0.3) is 0 Å². The van der Waals surface area contributed by atoms with Gasteiger partial charge in [-0.15, -0.1) is 6.58 Å². The lowest BCUT2D eigenvalue weighted by molar-refractivity contribution is 0.0973. The van der Waals surface area contributed by atoms with E-state index in [1.807, 2.05) is 0 Å². The topological polar surface area (TPSA) is 56.7 Å². The lowest BCUT2D eigenvalue weighted by Crippen LogP contribution is -2.16. The second-order valence-corrected chi connectivity index (χ2v) is 6.93. The van der Waals surface area contributed by atoms with E-state index in [2.05, 4.69) is 11.6 Å². The van der Waals surface area contributed by atoms with Crippen LogP contribution in [0.3, 0.4) is 0 Å². The van der Waals surface area contributed by atoms with Crippen LogP contribution in [0.15, 0.2) is 58.5 Å². The Balaban J connectivity index is 1.87. The van der Waals surface area contributed by atoms with E-state index in [1.54, 1.807) is 30.3 Å². The van der Waals surface area contributed by atoms with Gasteiger partial charge in [0.15, 0.2) is 27.7 Å². The number of hydrogen-bond donors (Lipinski definition) is 0. The Morgan fingerprint density at radius 1 is 1.36 bits per heavy atom. The normalized spacial score (nSPS) is 12.0. The van der Waals surface area contributed by atoms with Crippen LogP contribution in [-0.4, -0.2) is 17.6 Å². The molecule has 4 rings (SSSR count). The fourth-order valence-corrected chi connectivity index (χ4v) is 4.03. The molecule has 2 aromatic carbocycles. The molecule has 142 valence electrons. The molecule has 28 heavy (non-hydrogen) atoms. The number of allylic oxidation sites excluding steroid dienone is 1. The Bertz CT molecular complexity index is 1300. The minimum absolute atomic E-state index is 0.0220. The van der Waals surface area contributed by atoms with Crippen molar-refractivity contribution in [3.8, 4) is 5.75 Å². The van der Waals surface area contributed by atoms with E-state index in [0.717, 1.165) is 17.4 Å². The first-order valence-corrected chi connectivity index (χ1v) is 9.08. The number of para-hydroxylation sites is 1. The predicted molar refractivity (Wildman–Crippen MR) is 103 cm³/mol. The summed E-state index contributed by atoms with van der Waals surface area (Å²) in [4.78, 5) is 17.0. The Morgan fingerprint density at radius 3 is 2.93 bits per heavy atom. The van der Waals surface area contributed by atoms with Crippen molar-refractivity contribution in [1.82, 2.24) is 4.57 Å². The highest BCUT2D eigenvalue weighted by Gasteiger charge is 2.17. The van der Waals surface area contributed by atoms with Crippen molar-refractivity contribution in [2.75, 3.05) is 7.11 Å². The molecule has 0 unspecified atom stereocenters. The summed E-state index contributed by atoms with van der Waals surface area (Å²) in [5, 5.41) is 0.696. The van der Waals surface area contributed by atoms with Gasteiger partial charge in [0.1, 0.15) is 5.82 Å². The molecule has 0 N–H and O–H groups in total. The number of thiazole rings is 1. The van der Waals surface area contributed by atoms with Crippen LogP contribution in [0.25, 0.3) is 21.2 Å². The lowest BCUT2D eigenvalue weighted by atomic mass is 10.2. The number of benzene rings is 2. The number of carbonyl (C=O) groups excluding carboxylic acids is 1. The van der Waals surface area contributed by atoms with Crippen molar-refractivity contribution >= 4 is 38.4 Å². The summed E-state index contributed by atoms with van der Waals surface area (Å²) >= 11 is 1.01. The molecule has 0 aliphatic carbocycles. The minimum atomic E-state index is -0.726. The monoisotopic (exact) mass is 400 g/mol. The quantitative estimate of drug-likeness (QED) is 0.468. The second-order valence-electron chi connectivity index (χ2n) is 5.92. The molecule has 0 radical (unpaired) electrons. The van der Waals surface area contributed by atoms with Crippen LogP contribution in [0.2, 0.25) is 0 Å². The maximum absolute atomic E-state index is 14.3. The summed E-state index contributed by atoms with van der Waals surface area (Å²) in [6.45, 7) is 3.86. The lowest BCUT2D eigenvalue weighted by Gasteiger charge is -2.02. The zero-order valence-corrected chi connectivity index (χ0v) is 15.6. The van der Waals surface area contributed by atoms with Gasteiger partial charge in [-0.25, -0.2) is 8.78 Å². The zero-order chi connectivity index (χ0) is 19.8. The molecular weight excluding hydrogens is 386 g/mol. The molecule has 2 heterocycles. The molecule has 0 fully saturated rings. The number of nitrogens with zero attached hydrogens (tertiary/aromatic N) is 2. The number of fused-ring (bicyclic) bond motifs is 2. The van der Waals surface area contributed by atoms with E-state index in [1.165, 1.54) is 17.7 Å². The average molecular weight is 400 g/mol. The van der Waals surface area contributed by atoms with Gasteiger partial charge in [-0.05, 0) is 18.2 Å². The molecule has 0 bridgehead atoms. The molecule has 2 aromatic heterocycles. The molecular formula is C20H14F2N2O3S. The molecule has 5 nitrogen and oxygen atoms in total. The van der Waals surface area contributed by atoms with E-state index < -0.39 is 17.5 Å². The van der Waals surface area contributed by atoms with Crippen LogP contribution in [0.4, 0.5) is 8.78 Å². The SMILES string of the molecule is C=CCn1c(=NC(=O)c2cc3cccc(OC)c3o2)sc2cc(F)cc(F)c21. The number of methoxy groups -OCH3 is 1. The van der Waals surface area contributed by atoms with Gasteiger partial charge in [0, 0.05) is 18.0 Å². The molecule has 0 saturated carbocycles. The van der Waals surface area contributed by atoms with Crippen LogP contribution in [0.5, 0.6) is 5.75 Å². The van der Waals surface area contributed by atoms with Crippen LogP contribution < -0.4 is 9.54 Å². The summed E-state index contributed by atoms with van der Waals surface area (Å²) in [7, 11) is 1.51. The fourth-order valence-electron chi connectivity index (χ4n) is 2.96. The van der Waals surface area contributed by atoms with Gasteiger partial charge in [-0.1, -0.05) is 29.5 Å². The maximum Gasteiger partial charge on any atom is 0.315 e. The minimum Gasteiger partial charge on any atom is -0.493 e. The van der Waals surface area contributed by atoms with Crippen molar-refractivity contribution in [1.29, 1.82) is 0 Å². The standard InChI is InChI=1S/C20H14F2N2O3S/c1-3-7-24-17-13(22)9-12(21)10-16(17)28-20(24)23-19(25)15-8-11-5-4-6-14(26-2)18(11)27-15/h3-6,8-10H,1,7H2,2H3. The number of hydrogen-bond acceptors (Lipinski definition) is 4. The number of ether oxygens (including phenoxy) is 1. The van der Waals surface area contributed by atoms with Crippen LogP contribution in [0, 0.1) is 11.6 Å². The molecule has 0 saturated heterocycles. The Morgan fingerprint density at radius 2 is 2.18 bits per heavy atom. The molecule has 0 aliphatic rings. The van der Waals surface area contributed by atoms with Gasteiger partial charge < -0.3 is 13.7 Å². The first-order chi connectivity index (χ1) is 13.5. The van der Waals surface area contributed by atoms with Gasteiger partial charge in [0.05, 0.1) is 17.3 Å². The summed E-state index contributed by atoms with van der Waals surface area (Å²) in [6, 6.07) is 8.86. The highest BCUT2D eigenvalue weighted by atomic mass is 32.1. The van der Waals surface area contributed by atoms with Gasteiger partial charge in [0.2, 0.25) is 0 Å². The smallest absolute Gasteiger partial charge is 0.315 e. The largest absolute Gasteiger partial charge is 0.493 e. The van der Waals surface area contributed by atoms with Crippen LogP contribution in [-0.2, 0) is 6.54 Å². The van der Waals surface area contributed by atoms with Gasteiger partial charge in [-0.3, -0.25) is 4.79 Å². The molecule has 0 aliphatic heterocycles. The molecule has 1 amide bonds. The van der Waals surface area contributed by atoms with Gasteiger partial charge in [-0.2, -0.15) is 4.99 Å². The highest BCUT2D eigenvalue weighted by Crippen LogP contribution is 2.29. The number of furan rings is 1. The first-order valence-electron chi connectivity index (χ1n) is 8.26. The third-order valence-electron chi connectivity index (χ3n) is 4.14. The Hall–Kier alpha value is -3.26. The third kappa shape index (κ3) is 3.01. The van der Waals surface area contributed by atoms with Crippen LogP contribution in [0.1, 0.15) is 10.6 Å². The van der Waals surface area contributed by atoms with E-state index in [4.69, 9.17) is 9.15 Å². The molecule has 8 heteroatoms. The van der Waals surface area contributed by atoms with Crippen molar-refractivity contribution in [3.05, 3.63) is 71.2 Å². The van der Waals surface area contributed by atoms with E-state index in [9.17, 15) is 13.6 Å². The number of rotatable bonds is 4. The summed E-state index contributed by atoms with van der Waals surface area (Å²) in [6.07, 6.45) is 1.55. The molecule has 4 aromatic rings. The maximum atomic E-state index is 14.3. The predicted octanol–water partition coefficient (Wildman–Crippen LogP) is 4.66. The average Bonchev–Trinajstić information content (AvgIpc) is 3.23. The molecule has 0 atom stereocenters. The van der Waals surface area contributed by atoms with Gasteiger partial charge >= 0.3 is 5.91 Å². The number of halogens is 2. The van der Waals surface area contributed by atoms with Crippen molar-refractivity contribution < 1.29 is 22.7 Å². The second kappa shape index (κ2) is 7.05. The first kappa shape index (κ1) is 18.1. The Kier molecular flexibility index (Phi) is 4.56. The molecule has 0 spiro atoms.